The molecule has 0 aliphatic rings. The molecule has 3 heteroatoms. The van der Waals surface area contributed by atoms with Crippen LogP contribution < -0.4 is 0 Å². The van der Waals surface area contributed by atoms with Crippen LogP contribution in [0.2, 0.25) is 0 Å². The molecule has 0 N–H and O–H groups in total. The van der Waals surface area contributed by atoms with Gasteiger partial charge in [-0.05, 0) is 12.9 Å². The first-order chi connectivity index (χ1) is 2.77. The molecule has 0 unspecified atom stereocenters. The number of rotatable bonds is 1. The van der Waals surface area contributed by atoms with E-state index in [9.17, 15) is 8.63 Å². The molecule has 0 spiro atoms. The zero-order valence-corrected chi connectivity index (χ0v) is 3.49. The van der Waals surface area contributed by atoms with Crippen molar-refractivity contribution >= 4 is 7.27 Å². The third-order valence-corrected chi connectivity index (χ3v) is 0.338. The lowest BCUT2D eigenvalue weighted by atomic mass is 10.00. The minimum Gasteiger partial charge on any atom is -0.282 e. The summed E-state index contributed by atoms with van der Waals surface area (Å²) in [6.45, 7) is 1.56. The van der Waals surface area contributed by atoms with Gasteiger partial charge in [0, 0.05) is 0 Å². The van der Waals surface area contributed by atoms with E-state index < -0.39 is 7.27 Å². The summed E-state index contributed by atoms with van der Waals surface area (Å²) in [7, 11) is -2.28. The highest BCUT2D eigenvalue weighted by molar-refractivity contribution is 6.49. The maximum absolute atomic E-state index is 10.9. The Balaban J connectivity index is 3.03. The summed E-state index contributed by atoms with van der Waals surface area (Å²) < 4.78 is 21.9. The van der Waals surface area contributed by atoms with Crippen LogP contribution in [0.1, 0.15) is 6.92 Å². The van der Waals surface area contributed by atoms with E-state index in [-0.39, 0.29) is 0 Å². The number of halogens is 2. The van der Waals surface area contributed by atoms with Gasteiger partial charge in [-0.3, -0.25) is 8.63 Å². The quantitative estimate of drug-likeness (QED) is 0.428. The molecule has 0 rings (SSSR count). The van der Waals surface area contributed by atoms with Crippen LogP contribution in [0.25, 0.3) is 0 Å². The van der Waals surface area contributed by atoms with Gasteiger partial charge < -0.3 is 0 Å². The molecule has 0 aromatic rings. The maximum Gasteiger partial charge on any atom is 0.564 e. The van der Waals surface area contributed by atoms with E-state index in [4.69, 9.17) is 0 Å². The SMILES string of the molecule is C/C=C/B(F)F. The number of hydrogen-bond acceptors (Lipinski definition) is 0. The molecule has 0 atom stereocenters. The maximum atomic E-state index is 10.9. The molecule has 0 aliphatic heterocycles. The van der Waals surface area contributed by atoms with Gasteiger partial charge >= 0.3 is 7.27 Å². The molecule has 0 heterocycles. The highest BCUT2D eigenvalue weighted by Crippen LogP contribution is 1.84. The summed E-state index contributed by atoms with van der Waals surface area (Å²) in [4.78, 5) is 0. The minimum absolute atomic E-state index is 0.833. The van der Waals surface area contributed by atoms with E-state index in [1.54, 1.807) is 6.92 Å². The smallest absolute Gasteiger partial charge is 0.282 e. The predicted molar refractivity (Wildman–Crippen MR) is 22.8 cm³/mol. The van der Waals surface area contributed by atoms with E-state index >= 15 is 0 Å². The van der Waals surface area contributed by atoms with Crippen molar-refractivity contribution in [3.63, 3.8) is 0 Å². The molecular formula is C3H5BF2. The topological polar surface area (TPSA) is 0 Å². The third kappa shape index (κ3) is 3.66. The normalized spacial score (nSPS) is 9.83. The number of allylic oxidation sites excluding steroid dienone is 1. The van der Waals surface area contributed by atoms with Gasteiger partial charge in [-0.25, -0.2) is 0 Å². The lowest BCUT2D eigenvalue weighted by Gasteiger charge is -1.70. The van der Waals surface area contributed by atoms with Crippen LogP contribution >= 0.6 is 0 Å². The molecule has 0 radical (unpaired) electrons. The Morgan fingerprint density at radius 3 is 2.00 bits per heavy atom. The van der Waals surface area contributed by atoms with Gasteiger partial charge in [0.05, 0.1) is 0 Å². The zero-order chi connectivity index (χ0) is 4.99. The fraction of sp³-hybridized carbons (Fsp3) is 0.333. The second kappa shape index (κ2) is 2.88. The fourth-order valence-electron chi connectivity index (χ4n) is 0.145. The summed E-state index contributed by atoms with van der Waals surface area (Å²) in [5, 5.41) is 0. The van der Waals surface area contributed by atoms with Crippen molar-refractivity contribution in [1.82, 2.24) is 0 Å². The monoisotopic (exact) mass is 90.0 g/mol. The van der Waals surface area contributed by atoms with Gasteiger partial charge in [0.2, 0.25) is 0 Å². The third-order valence-electron chi connectivity index (χ3n) is 0.338. The van der Waals surface area contributed by atoms with Gasteiger partial charge in [-0.2, -0.15) is 0 Å². The van der Waals surface area contributed by atoms with Crippen LogP contribution in [0.15, 0.2) is 12.1 Å². The Morgan fingerprint density at radius 2 is 2.00 bits per heavy atom. The van der Waals surface area contributed by atoms with Crippen LogP contribution in [0, 0.1) is 0 Å². The van der Waals surface area contributed by atoms with Gasteiger partial charge in [0.1, 0.15) is 0 Å². The summed E-state index contributed by atoms with van der Waals surface area (Å²) in [6, 6.07) is 0. The summed E-state index contributed by atoms with van der Waals surface area (Å²) in [6.07, 6.45) is 1.32. The Hall–Kier alpha value is -0.335. The molecule has 34 valence electrons. The Bertz CT molecular complexity index is 50.8. The lowest BCUT2D eigenvalue weighted by molar-refractivity contribution is 0.683. The van der Waals surface area contributed by atoms with Crippen LogP contribution in [-0.4, -0.2) is 7.27 Å². The van der Waals surface area contributed by atoms with Gasteiger partial charge in [0.15, 0.2) is 0 Å². The number of hydrogen-bond donors (Lipinski definition) is 0. The molecule has 0 aliphatic carbocycles. The van der Waals surface area contributed by atoms with Crippen LogP contribution in [-0.2, 0) is 0 Å². The van der Waals surface area contributed by atoms with Crippen molar-refractivity contribution in [1.29, 1.82) is 0 Å². The van der Waals surface area contributed by atoms with Crippen LogP contribution in [0.4, 0.5) is 8.63 Å². The first kappa shape index (κ1) is 5.66. The highest BCUT2D eigenvalue weighted by atomic mass is 19.2. The van der Waals surface area contributed by atoms with Crippen molar-refractivity contribution in [3.8, 4) is 0 Å². The molecule has 6 heavy (non-hydrogen) atoms. The zero-order valence-electron chi connectivity index (χ0n) is 3.49. The molecule has 0 bridgehead atoms. The Kier molecular flexibility index (Phi) is 2.72. The van der Waals surface area contributed by atoms with Gasteiger partial charge in [0.25, 0.3) is 0 Å². The first-order valence-electron chi connectivity index (χ1n) is 1.68. The van der Waals surface area contributed by atoms with Crippen molar-refractivity contribution in [2.45, 2.75) is 6.92 Å². The van der Waals surface area contributed by atoms with Gasteiger partial charge in [-0.1, -0.05) is 6.08 Å². The Labute approximate surface area is 36.0 Å². The van der Waals surface area contributed by atoms with Crippen molar-refractivity contribution in [2.75, 3.05) is 0 Å². The van der Waals surface area contributed by atoms with Crippen molar-refractivity contribution in [2.24, 2.45) is 0 Å². The predicted octanol–water partition coefficient (Wildman–Crippen LogP) is 1.53. The average Bonchev–Trinajstić information content (AvgIpc) is 1.35. The second-order valence-electron chi connectivity index (χ2n) is 0.860. The van der Waals surface area contributed by atoms with Crippen LogP contribution in [0.3, 0.4) is 0 Å². The van der Waals surface area contributed by atoms with E-state index in [1.807, 2.05) is 0 Å². The Morgan fingerprint density at radius 1 is 1.50 bits per heavy atom. The molecule has 0 aromatic carbocycles. The van der Waals surface area contributed by atoms with Gasteiger partial charge in [-0.15, -0.1) is 0 Å². The average molecular weight is 89.9 g/mol. The second-order valence-corrected chi connectivity index (χ2v) is 0.860. The lowest BCUT2D eigenvalue weighted by Crippen LogP contribution is -1.85. The molecule has 0 amide bonds. The summed E-state index contributed by atoms with van der Waals surface area (Å²) in [5.41, 5.74) is 0. The minimum atomic E-state index is -2.28. The van der Waals surface area contributed by atoms with E-state index in [2.05, 4.69) is 0 Å². The molecule has 0 saturated carbocycles. The fourth-order valence-corrected chi connectivity index (χ4v) is 0.145. The van der Waals surface area contributed by atoms with E-state index in [1.165, 1.54) is 6.08 Å². The molecule has 0 nitrogen and oxygen atoms in total. The molecule has 0 fully saturated rings. The molecular weight excluding hydrogens is 84.8 g/mol. The van der Waals surface area contributed by atoms with Crippen LogP contribution in [0.5, 0.6) is 0 Å². The van der Waals surface area contributed by atoms with E-state index in [0.717, 1.165) is 5.98 Å². The standard InChI is InChI=1S/C3H5BF2/c1-2-3-4(5)6/h2-3H,1H3/b3-2+. The summed E-state index contributed by atoms with van der Waals surface area (Å²) in [5.74, 6) is 0.833. The van der Waals surface area contributed by atoms with Crippen molar-refractivity contribution < 1.29 is 8.63 Å². The largest absolute Gasteiger partial charge is 0.564 e. The molecule has 0 saturated heterocycles. The van der Waals surface area contributed by atoms with Crippen molar-refractivity contribution in [3.05, 3.63) is 12.1 Å². The first-order valence-corrected chi connectivity index (χ1v) is 1.68. The highest BCUT2D eigenvalue weighted by Gasteiger charge is 2.01. The molecule has 0 aromatic heterocycles. The van der Waals surface area contributed by atoms with E-state index in [0.29, 0.717) is 0 Å². The summed E-state index contributed by atoms with van der Waals surface area (Å²) >= 11 is 0.